The van der Waals surface area contributed by atoms with E-state index < -0.39 is 29.9 Å². The number of aliphatic carboxylic acids is 1. The van der Waals surface area contributed by atoms with Crippen LogP contribution in [0.1, 0.15) is 12.8 Å². The van der Waals surface area contributed by atoms with Gasteiger partial charge in [-0.15, -0.1) is 0 Å². The Morgan fingerprint density at radius 3 is 2.67 bits per heavy atom. The van der Waals surface area contributed by atoms with E-state index in [1.54, 1.807) is 0 Å². The topological polar surface area (TPSA) is 113 Å². The molecule has 0 bridgehead atoms. The van der Waals surface area contributed by atoms with Crippen LogP contribution in [-0.4, -0.2) is 58.7 Å². The largest absolute Gasteiger partial charge is 0.480 e. The third kappa shape index (κ3) is 3.36. The molecule has 0 saturated carbocycles. The van der Waals surface area contributed by atoms with Gasteiger partial charge >= 0.3 is 5.97 Å². The minimum atomic E-state index is -1.02. The van der Waals surface area contributed by atoms with E-state index in [9.17, 15) is 14.4 Å². The number of rotatable bonds is 5. The van der Waals surface area contributed by atoms with Gasteiger partial charge in [0.1, 0.15) is 12.1 Å². The highest BCUT2D eigenvalue weighted by atomic mass is 32.1. The zero-order chi connectivity index (χ0) is 13.7. The molecule has 0 unspecified atom stereocenters. The average molecular weight is 275 g/mol. The zero-order valence-corrected chi connectivity index (χ0v) is 10.7. The molecule has 2 atom stereocenters. The second-order valence-electron chi connectivity index (χ2n) is 4.03. The van der Waals surface area contributed by atoms with Gasteiger partial charge in [0.2, 0.25) is 11.8 Å². The first-order valence-corrected chi connectivity index (χ1v) is 6.28. The number of carboxylic acids is 1. The SMILES string of the molecule is NCC(=O)N[C@@H](CS)C(=O)N1CCC[C@@H]1C(=O)O. The average Bonchev–Trinajstić information content (AvgIpc) is 2.83. The first-order valence-electron chi connectivity index (χ1n) is 5.64. The van der Waals surface area contributed by atoms with Crippen molar-refractivity contribution < 1.29 is 19.5 Å². The number of hydrogen-bond acceptors (Lipinski definition) is 5. The van der Waals surface area contributed by atoms with Gasteiger partial charge in [0, 0.05) is 12.3 Å². The molecule has 1 aliphatic rings. The number of thiol groups is 1. The van der Waals surface area contributed by atoms with Gasteiger partial charge in [-0.1, -0.05) is 0 Å². The molecule has 0 radical (unpaired) electrons. The number of hydrogen-bond donors (Lipinski definition) is 4. The lowest BCUT2D eigenvalue weighted by Crippen LogP contribution is -2.53. The number of amides is 2. The highest BCUT2D eigenvalue weighted by Gasteiger charge is 2.36. The van der Waals surface area contributed by atoms with Crippen LogP contribution in [0, 0.1) is 0 Å². The second-order valence-corrected chi connectivity index (χ2v) is 4.40. The molecule has 0 aliphatic carbocycles. The summed E-state index contributed by atoms with van der Waals surface area (Å²) in [6, 6.07) is -1.64. The summed E-state index contributed by atoms with van der Waals surface area (Å²) < 4.78 is 0. The van der Waals surface area contributed by atoms with Crippen molar-refractivity contribution in [3.05, 3.63) is 0 Å². The number of nitrogens with two attached hydrogens (primary N) is 1. The highest BCUT2D eigenvalue weighted by Crippen LogP contribution is 2.18. The van der Waals surface area contributed by atoms with Crippen molar-refractivity contribution in [2.75, 3.05) is 18.8 Å². The first kappa shape index (κ1) is 14.8. The molecule has 1 heterocycles. The minimum absolute atomic E-state index is 0.105. The Balaban J connectivity index is 2.71. The van der Waals surface area contributed by atoms with E-state index >= 15 is 0 Å². The number of nitrogens with one attached hydrogen (secondary N) is 1. The number of carbonyl (C=O) groups excluding carboxylic acids is 2. The van der Waals surface area contributed by atoms with Crippen LogP contribution < -0.4 is 11.1 Å². The Morgan fingerprint density at radius 1 is 1.50 bits per heavy atom. The van der Waals surface area contributed by atoms with Crippen LogP contribution in [0.25, 0.3) is 0 Å². The van der Waals surface area contributed by atoms with Crippen LogP contribution >= 0.6 is 12.6 Å². The summed E-state index contributed by atoms with van der Waals surface area (Å²) in [6.07, 6.45) is 1.08. The van der Waals surface area contributed by atoms with E-state index in [1.807, 2.05) is 0 Å². The summed E-state index contributed by atoms with van der Waals surface area (Å²) in [6.45, 7) is 0.165. The molecule has 1 aliphatic heterocycles. The summed E-state index contributed by atoms with van der Waals surface area (Å²) in [5, 5.41) is 11.4. The fourth-order valence-corrected chi connectivity index (χ4v) is 2.17. The van der Waals surface area contributed by atoms with Crippen molar-refractivity contribution in [1.29, 1.82) is 0 Å². The maximum Gasteiger partial charge on any atom is 0.326 e. The first-order chi connectivity index (χ1) is 8.51. The number of likely N-dealkylation sites (tertiary alicyclic amines) is 1. The van der Waals surface area contributed by atoms with Gasteiger partial charge < -0.3 is 21.1 Å². The van der Waals surface area contributed by atoms with E-state index in [2.05, 4.69) is 17.9 Å². The van der Waals surface area contributed by atoms with Gasteiger partial charge in [-0.2, -0.15) is 12.6 Å². The Morgan fingerprint density at radius 2 is 2.17 bits per heavy atom. The monoisotopic (exact) mass is 275 g/mol. The van der Waals surface area contributed by atoms with Crippen molar-refractivity contribution in [1.82, 2.24) is 10.2 Å². The molecule has 7 nitrogen and oxygen atoms in total. The van der Waals surface area contributed by atoms with Gasteiger partial charge in [-0.05, 0) is 12.8 Å². The second kappa shape index (κ2) is 6.60. The molecule has 0 aromatic rings. The molecule has 18 heavy (non-hydrogen) atoms. The maximum absolute atomic E-state index is 12.1. The number of carbonyl (C=O) groups is 3. The normalized spacial score (nSPS) is 20.6. The molecule has 0 aromatic heterocycles. The zero-order valence-electron chi connectivity index (χ0n) is 9.83. The van der Waals surface area contributed by atoms with Crippen LogP contribution in [0.3, 0.4) is 0 Å². The smallest absolute Gasteiger partial charge is 0.326 e. The quantitative estimate of drug-likeness (QED) is 0.453. The van der Waals surface area contributed by atoms with Crippen molar-refractivity contribution in [2.45, 2.75) is 24.9 Å². The summed E-state index contributed by atoms with van der Waals surface area (Å²) in [4.78, 5) is 35.5. The molecule has 2 amide bonds. The Bertz CT molecular complexity index is 350. The molecule has 1 fully saturated rings. The predicted octanol–water partition coefficient (Wildman–Crippen LogP) is -1.56. The number of nitrogens with zero attached hydrogens (tertiary/aromatic N) is 1. The molecule has 1 rings (SSSR count). The highest BCUT2D eigenvalue weighted by molar-refractivity contribution is 7.80. The predicted molar refractivity (Wildman–Crippen MR) is 67.2 cm³/mol. The van der Waals surface area contributed by atoms with Gasteiger partial charge in [-0.3, -0.25) is 9.59 Å². The van der Waals surface area contributed by atoms with Crippen molar-refractivity contribution >= 4 is 30.4 Å². The summed E-state index contributed by atoms with van der Waals surface area (Å²) in [5.74, 6) is -1.80. The lowest BCUT2D eigenvalue weighted by molar-refractivity contribution is -0.149. The van der Waals surface area contributed by atoms with Crippen LogP contribution in [-0.2, 0) is 14.4 Å². The van der Waals surface area contributed by atoms with E-state index in [0.29, 0.717) is 19.4 Å². The van der Waals surface area contributed by atoms with Crippen molar-refractivity contribution in [2.24, 2.45) is 5.73 Å². The van der Waals surface area contributed by atoms with Crippen LogP contribution in [0.15, 0.2) is 0 Å². The van der Waals surface area contributed by atoms with Crippen LogP contribution in [0.5, 0.6) is 0 Å². The van der Waals surface area contributed by atoms with Crippen LogP contribution in [0.2, 0.25) is 0 Å². The molecule has 102 valence electrons. The Hall–Kier alpha value is -1.28. The minimum Gasteiger partial charge on any atom is -0.480 e. The van der Waals surface area contributed by atoms with Gasteiger partial charge in [0.25, 0.3) is 0 Å². The Kier molecular flexibility index (Phi) is 5.42. The maximum atomic E-state index is 12.1. The molecule has 1 saturated heterocycles. The van der Waals surface area contributed by atoms with Gasteiger partial charge in [0.15, 0.2) is 0 Å². The van der Waals surface area contributed by atoms with Crippen LogP contribution in [0.4, 0.5) is 0 Å². The molecule has 0 spiro atoms. The van der Waals surface area contributed by atoms with E-state index in [1.165, 1.54) is 4.90 Å². The van der Waals surface area contributed by atoms with E-state index in [-0.39, 0.29) is 12.3 Å². The molecule has 8 heteroatoms. The van der Waals surface area contributed by atoms with E-state index in [4.69, 9.17) is 10.8 Å². The van der Waals surface area contributed by atoms with E-state index in [0.717, 1.165) is 0 Å². The molecular formula is C10H17N3O4S. The summed E-state index contributed by atoms with van der Waals surface area (Å²) >= 11 is 3.99. The fraction of sp³-hybridized carbons (Fsp3) is 0.700. The molecular weight excluding hydrogens is 258 g/mol. The lowest BCUT2D eigenvalue weighted by Gasteiger charge is -2.26. The fourth-order valence-electron chi connectivity index (χ4n) is 1.93. The molecule has 0 aromatic carbocycles. The third-order valence-electron chi connectivity index (χ3n) is 2.82. The van der Waals surface area contributed by atoms with Crippen molar-refractivity contribution in [3.63, 3.8) is 0 Å². The summed E-state index contributed by atoms with van der Waals surface area (Å²) in [7, 11) is 0. The standard InChI is InChI=1S/C10H17N3O4S/c11-4-8(14)12-6(5-18)9(15)13-3-1-2-7(13)10(16)17/h6-7,18H,1-5,11H2,(H,12,14)(H,16,17)/t6-,7+/m0/s1. The lowest BCUT2D eigenvalue weighted by atomic mass is 10.2. The molecule has 4 N–H and O–H groups in total. The van der Waals surface area contributed by atoms with Gasteiger partial charge in [0.05, 0.1) is 6.54 Å². The Labute approximate surface area is 110 Å². The summed E-state index contributed by atoms with van der Waals surface area (Å²) in [5.41, 5.74) is 5.15. The number of carboxylic acid groups (broad SMARTS) is 1. The third-order valence-corrected chi connectivity index (χ3v) is 3.19. The van der Waals surface area contributed by atoms with Gasteiger partial charge in [-0.25, -0.2) is 4.79 Å². The van der Waals surface area contributed by atoms with Crippen molar-refractivity contribution in [3.8, 4) is 0 Å².